The standard InChI is InChI=1S/C27H21N9O6/c1-41-22-11-7-19(8-12-22)30-26-31-25(29-18-5-9-20(10-6-18)35(37)38)32-27(33-26)34-28-16-23-13-14-24(42-23)17-3-2-4-21(15-17)36(39)40/h2-16H,1H3,(H3,29,30,31,32,33,34). The van der Waals surface area contributed by atoms with E-state index in [1.807, 2.05) is 0 Å². The number of furan rings is 1. The van der Waals surface area contributed by atoms with Crippen molar-refractivity contribution in [1.82, 2.24) is 15.0 Å². The van der Waals surface area contributed by atoms with Gasteiger partial charge in [0.25, 0.3) is 11.4 Å². The van der Waals surface area contributed by atoms with E-state index in [9.17, 15) is 20.2 Å². The van der Waals surface area contributed by atoms with Crippen LogP contribution >= 0.6 is 0 Å². The number of nitro groups is 2. The monoisotopic (exact) mass is 567 g/mol. The van der Waals surface area contributed by atoms with E-state index in [1.54, 1.807) is 55.6 Å². The fourth-order valence-corrected chi connectivity index (χ4v) is 3.64. The maximum absolute atomic E-state index is 11.1. The van der Waals surface area contributed by atoms with Gasteiger partial charge in [-0.05, 0) is 48.5 Å². The number of benzene rings is 3. The van der Waals surface area contributed by atoms with Crippen LogP contribution in [-0.4, -0.2) is 38.1 Å². The molecule has 0 bridgehead atoms. The van der Waals surface area contributed by atoms with Gasteiger partial charge in [0.1, 0.15) is 17.3 Å². The van der Waals surface area contributed by atoms with Gasteiger partial charge in [-0.1, -0.05) is 12.1 Å². The quantitative estimate of drug-likeness (QED) is 0.0973. The zero-order valence-electron chi connectivity index (χ0n) is 21.8. The number of aromatic nitrogens is 3. The smallest absolute Gasteiger partial charge is 0.270 e. The van der Waals surface area contributed by atoms with Gasteiger partial charge in [0.05, 0.1) is 23.2 Å². The van der Waals surface area contributed by atoms with Crippen LogP contribution in [0.5, 0.6) is 5.75 Å². The summed E-state index contributed by atoms with van der Waals surface area (Å²) in [7, 11) is 1.57. The molecule has 0 aliphatic heterocycles. The minimum Gasteiger partial charge on any atom is -0.497 e. The second-order valence-electron chi connectivity index (χ2n) is 8.47. The van der Waals surface area contributed by atoms with E-state index in [2.05, 4.69) is 36.1 Å². The third kappa shape index (κ3) is 6.78. The largest absolute Gasteiger partial charge is 0.497 e. The molecule has 0 aliphatic carbocycles. The predicted molar refractivity (Wildman–Crippen MR) is 154 cm³/mol. The van der Waals surface area contributed by atoms with Crippen molar-refractivity contribution >= 4 is 46.8 Å². The van der Waals surface area contributed by atoms with E-state index in [1.165, 1.54) is 42.6 Å². The predicted octanol–water partition coefficient (Wildman–Crippen LogP) is 5.89. The Bertz CT molecular complexity index is 1760. The first-order chi connectivity index (χ1) is 20.4. The number of hydrogen-bond donors (Lipinski definition) is 3. The molecule has 2 heterocycles. The van der Waals surface area contributed by atoms with Crippen LogP contribution in [0.4, 0.5) is 40.6 Å². The number of hydrogen-bond acceptors (Lipinski definition) is 13. The first-order valence-electron chi connectivity index (χ1n) is 12.2. The molecule has 5 aromatic rings. The number of methoxy groups -OCH3 is 1. The van der Waals surface area contributed by atoms with Crippen LogP contribution in [0.25, 0.3) is 11.3 Å². The third-order valence-electron chi connectivity index (χ3n) is 5.64. The Kier molecular flexibility index (Phi) is 7.90. The molecule has 15 nitrogen and oxygen atoms in total. The first-order valence-corrected chi connectivity index (χ1v) is 12.2. The van der Waals surface area contributed by atoms with Gasteiger partial charge in [-0.2, -0.15) is 20.1 Å². The van der Waals surface area contributed by atoms with Crippen LogP contribution in [0.15, 0.2) is 94.4 Å². The average Bonchev–Trinajstić information content (AvgIpc) is 3.47. The average molecular weight is 568 g/mol. The summed E-state index contributed by atoms with van der Waals surface area (Å²) in [6.07, 6.45) is 1.39. The molecule has 3 N–H and O–H groups in total. The second-order valence-corrected chi connectivity index (χ2v) is 8.47. The number of anilines is 5. The molecule has 0 saturated carbocycles. The van der Waals surface area contributed by atoms with E-state index in [-0.39, 0.29) is 29.2 Å². The van der Waals surface area contributed by atoms with Gasteiger partial charge in [-0.3, -0.25) is 20.2 Å². The van der Waals surface area contributed by atoms with Gasteiger partial charge in [-0.25, -0.2) is 5.43 Å². The number of ether oxygens (including phenoxy) is 1. The van der Waals surface area contributed by atoms with E-state index < -0.39 is 9.85 Å². The molecule has 0 aliphatic rings. The third-order valence-corrected chi connectivity index (χ3v) is 5.64. The van der Waals surface area contributed by atoms with Crippen LogP contribution in [0.3, 0.4) is 0 Å². The SMILES string of the molecule is COc1ccc(Nc2nc(NN=Cc3ccc(-c4cccc([N+](=O)[O-])c4)o3)nc(Nc3ccc([N+](=O)[O-])cc3)n2)cc1. The molecule has 5 rings (SSSR count). The van der Waals surface area contributed by atoms with Crippen molar-refractivity contribution in [2.75, 3.05) is 23.2 Å². The lowest BCUT2D eigenvalue weighted by Crippen LogP contribution is -2.07. The number of rotatable bonds is 11. The summed E-state index contributed by atoms with van der Waals surface area (Å²) in [5, 5.41) is 32.3. The summed E-state index contributed by atoms with van der Waals surface area (Å²) in [5.41, 5.74) is 4.37. The van der Waals surface area contributed by atoms with Gasteiger partial charge >= 0.3 is 0 Å². The zero-order valence-corrected chi connectivity index (χ0v) is 21.8. The molecule has 15 heteroatoms. The Labute approximate surface area is 237 Å². The fraction of sp³-hybridized carbons (Fsp3) is 0.0370. The molecular formula is C27H21N9O6. The topological polar surface area (TPSA) is 196 Å². The minimum atomic E-state index is -0.491. The molecule has 0 atom stereocenters. The summed E-state index contributed by atoms with van der Waals surface area (Å²) < 4.78 is 10.9. The molecule has 0 radical (unpaired) electrons. The van der Waals surface area contributed by atoms with Gasteiger partial charge in [0, 0.05) is 41.2 Å². The van der Waals surface area contributed by atoms with Crippen molar-refractivity contribution < 1.29 is 19.0 Å². The molecule has 210 valence electrons. The molecule has 42 heavy (non-hydrogen) atoms. The highest BCUT2D eigenvalue weighted by Crippen LogP contribution is 2.26. The van der Waals surface area contributed by atoms with E-state index >= 15 is 0 Å². The molecule has 3 aromatic carbocycles. The number of nitrogens with zero attached hydrogens (tertiary/aromatic N) is 6. The Balaban J connectivity index is 1.35. The highest BCUT2D eigenvalue weighted by Gasteiger charge is 2.11. The summed E-state index contributed by atoms with van der Waals surface area (Å²) in [6, 6.07) is 22.3. The Morgan fingerprint density at radius 3 is 2.02 bits per heavy atom. The normalized spacial score (nSPS) is 10.8. The van der Waals surface area contributed by atoms with E-state index in [0.717, 1.165) is 0 Å². The Morgan fingerprint density at radius 1 is 0.786 bits per heavy atom. The lowest BCUT2D eigenvalue weighted by molar-refractivity contribution is -0.385. The lowest BCUT2D eigenvalue weighted by atomic mass is 10.1. The summed E-state index contributed by atoms with van der Waals surface area (Å²) in [6.45, 7) is 0. The maximum Gasteiger partial charge on any atom is 0.270 e. The highest BCUT2D eigenvalue weighted by atomic mass is 16.6. The molecule has 0 saturated heterocycles. The summed E-state index contributed by atoms with van der Waals surface area (Å²) in [5.74, 6) is 1.88. The molecular weight excluding hydrogens is 546 g/mol. The van der Waals surface area contributed by atoms with Gasteiger partial charge in [0.15, 0.2) is 0 Å². The molecule has 0 fully saturated rings. The van der Waals surface area contributed by atoms with Crippen molar-refractivity contribution in [3.8, 4) is 17.1 Å². The number of nitrogens with one attached hydrogen (secondary N) is 3. The van der Waals surface area contributed by atoms with Crippen molar-refractivity contribution in [2.24, 2.45) is 5.10 Å². The van der Waals surface area contributed by atoms with Crippen molar-refractivity contribution in [2.45, 2.75) is 0 Å². The van der Waals surface area contributed by atoms with Crippen molar-refractivity contribution in [3.63, 3.8) is 0 Å². The number of non-ortho nitro benzene ring substituents is 2. The molecule has 0 amide bonds. The van der Waals surface area contributed by atoms with E-state index in [4.69, 9.17) is 9.15 Å². The number of nitro benzene ring substituents is 2. The van der Waals surface area contributed by atoms with Crippen molar-refractivity contribution in [1.29, 1.82) is 0 Å². The van der Waals surface area contributed by atoms with Gasteiger partial charge < -0.3 is 19.8 Å². The lowest BCUT2D eigenvalue weighted by Gasteiger charge is -2.10. The fourth-order valence-electron chi connectivity index (χ4n) is 3.64. The van der Waals surface area contributed by atoms with Crippen LogP contribution in [0.1, 0.15) is 5.76 Å². The van der Waals surface area contributed by atoms with Gasteiger partial charge in [0.2, 0.25) is 17.8 Å². The van der Waals surface area contributed by atoms with Crippen LogP contribution in [-0.2, 0) is 0 Å². The highest BCUT2D eigenvalue weighted by molar-refractivity contribution is 5.78. The van der Waals surface area contributed by atoms with E-state index in [0.29, 0.717) is 34.2 Å². The molecule has 0 unspecified atom stereocenters. The van der Waals surface area contributed by atoms with Crippen LogP contribution in [0.2, 0.25) is 0 Å². The second kappa shape index (κ2) is 12.2. The summed E-state index contributed by atoms with van der Waals surface area (Å²) >= 11 is 0. The number of hydrazone groups is 1. The van der Waals surface area contributed by atoms with Gasteiger partial charge in [-0.15, -0.1) is 0 Å². The summed E-state index contributed by atoms with van der Waals surface area (Å²) in [4.78, 5) is 34.1. The van der Waals surface area contributed by atoms with Crippen molar-refractivity contribution in [3.05, 3.63) is 111 Å². The Hall–Kier alpha value is -6.38. The molecule has 2 aromatic heterocycles. The first kappa shape index (κ1) is 27.2. The Morgan fingerprint density at radius 2 is 1.40 bits per heavy atom. The van der Waals surface area contributed by atoms with Crippen LogP contribution < -0.4 is 20.8 Å². The zero-order chi connectivity index (χ0) is 29.5. The minimum absolute atomic E-state index is 0.0483. The van der Waals surface area contributed by atoms with Crippen LogP contribution in [0, 0.1) is 20.2 Å². The maximum atomic E-state index is 11.1. The molecule has 0 spiro atoms.